The normalized spacial score (nSPS) is 14.1. The molecular formula is C51H67IrN2O2S-. The number of benzene rings is 3. The zero-order valence-electron chi connectivity index (χ0n) is 36.8. The van der Waals surface area contributed by atoms with Crippen LogP contribution in [0.15, 0.2) is 66.7 Å². The molecule has 1 radical (unpaired) electrons. The van der Waals surface area contributed by atoms with E-state index in [2.05, 4.69) is 145 Å². The molecule has 0 bridgehead atoms. The van der Waals surface area contributed by atoms with Crippen LogP contribution in [0.5, 0.6) is 0 Å². The third-order valence-corrected chi connectivity index (χ3v) is 13.2. The fourth-order valence-corrected chi connectivity index (χ4v) is 10.7. The van der Waals surface area contributed by atoms with E-state index in [4.69, 9.17) is 9.97 Å². The number of thiophene rings is 1. The first-order valence-corrected chi connectivity index (χ1v) is 21.9. The molecule has 0 saturated heterocycles. The number of ketones is 1. The summed E-state index contributed by atoms with van der Waals surface area (Å²) in [5.41, 5.74) is 9.82. The molecule has 2 aromatic heterocycles. The van der Waals surface area contributed by atoms with E-state index in [1.807, 2.05) is 11.3 Å². The van der Waals surface area contributed by atoms with Crippen molar-refractivity contribution < 1.29 is 30.0 Å². The number of allylic oxidation sites excluding steroid dienone is 2. The SMILES string of the molecule is CC(C)C(C(=O)/C=C(\O)C(C(C)C)C(C)C)C(C)C.Cc1cc(CC2CCCC2)ccc1-c1sc2c(-c3[c-]c4ccccc4c(C(C)(C)C)c3)ncnc2c1C.[Ir]. The number of aromatic nitrogens is 2. The first-order chi connectivity index (χ1) is 26.4. The van der Waals surface area contributed by atoms with Crippen molar-refractivity contribution in [2.75, 3.05) is 0 Å². The number of carbonyl (C=O) groups is 1. The predicted molar refractivity (Wildman–Crippen MR) is 241 cm³/mol. The number of nitrogens with zero attached hydrogens (tertiary/aromatic N) is 2. The van der Waals surface area contributed by atoms with E-state index in [9.17, 15) is 9.90 Å². The standard InChI is InChI=1S/C34H35N2S.C17H32O2.Ir/c1-21-16-24(17-23-10-6-7-11-23)14-15-27(21)32-22(2)30-33(37-32)31(36-20-35-30)26-18-25-12-8-9-13-28(25)29(19-26)34(3,4)5;1-10(2)16(11(3)4)14(18)9-15(19)17(12(5)6)13(7)8;/h8-9,12-16,19-20,23H,6-7,10-11,17H2,1-5H3;9-13,16-18H,1-8H3;/q-1;;/b;14-9-;. The average molecular weight is 964 g/mol. The summed E-state index contributed by atoms with van der Waals surface area (Å²) < 4.78 is 1.15. The molecule has 0 atom stereocenters. The van der Waals surface area contributed by atoms with Gasteiger partial charge in [-0.15, -0.1) is 40.5 Å². The summed E-state index contributed by atoms with van der Waals surface area (Å²) in [4.78, 5) is 23.2. The monoisotopic (exact) mass is 964 g/mol. The molecule has 1 saturated carbocycles. The molecule has 1 fully saturated rings. The van der Waals surface area contributed by atoms with Crippen LogP contribution in [-0.4, -0.2) is 20.9 Å². The van der Waals surface area contributed by atoms with Crippen LogP contribution in [0.4, 0.5) is 0 Å². The maximum atomic E-state index is 12.3. The van der Waals surface area contributed by atoms with Crippen LogP contribution in [-0.2, 0) is 36.7 Å². The minimum atomic E-state index is -0.0119. The summed E-state index contributed by atoms with van der Waals surface area (Å²) in [6.07, 6.45) is 10.0. The van der Waals surface area contributed by atoms with Gasteiger partial charge < -0.3 is 5.11 Å². The number of rotatable bonds is 11. The smallest absolute Gasteiger partial charge is 0.162 e. The fraction of sp³-hybridized carbons (Fsp3) is 0.510. The summed E-state index contributed by atoms with van der Waals surface area (Å²) in [6.45, 7) is 27.9. The molecular weight excluding hydrogens is 897 g/mol. The number of aryl methyl sites for hydroxylation is 2. The molecule has 1 N–H and O–H groups in total. The van der Waals surface area contributed by atoms with Crippen molar-refractivity contribution in [1.82, 2.24) is 9.97 Å². The quantitative estimate of drug-likeness (QED) is 0.0814. The van der Waals surface area contributed by atoms with Crippen molar-refractivity contribution in [3.05, 3.63) is 95.0 Å². The minimum Gasteiger partial charge on any atom is -0.512 e. The molecule has 4 nitrogen and oxygen atoms in total. The van der Waals surface area contributed by atoms with Crippen LogP contribution in [0.25, 0.3) is 42.7 Å². The zero-order chi connectivity index (χ0) is 41.1. The summed E-state index contributed by atoms with van der Waals surface area (Å²) in [5, 5.41) is 12.7. The second kappa shape index (κ2) is 19.7. The summed E-state index contributed by atoms with van der Waals surface area (Å²) in [5.74, 6) is 2.49. The molecule has 3 aromatic carbocycles. The Hall–Kier alpha value is -3.18. The Kier molecular flexibility index (Phi) is 16.1. The van der Waals surface area contributed by atoms with E-state index in [1.54, 1.807) is 6.33 Å². The second-order valence-electron chi connectivity index (χ2n) is 18.9. The number of aliphatic hydroxyl groups is 1. The average Bonchev–Trinajstić information content (AvgIpc) is 3.74. The van der Waals surface area contributed by atoms with Gasteiger partial charge >= 0.3 is 0 Å². The second-order valence-corrected chi connectivity index (χ2v) is 19.9. The summed E-state index contributed by atoms with van der Waals surface area (Å²) in [7, 11) is 0. The summed E-state index contributed by atoms with van der Waals surface area (Å²) >= 11 is 1.83. The number of hydrogen-bond donors (Lipinski definition) is 1. The molecule has 5 aromatic rings. The van der Waals surface area contributed by atoms with Crippen LogP contribution in [0.1, 0.15) is 124 Å². The van der Waals surface area contributed by atoms with Gasteiger partial charge in [0.25, 0.3) is 0 Å². The van der Waals surface area contributed by atoms with Gasteiger partial charge in [0.05, 0.1) is 11.3 Å². The maximum absolute atomic E-state index is 12.3. The molecule has 1 aliphatic rings. The molecule has 0 aliphatic heterocycles. The first-order valence-electron chi connectivity index (χ1n) is 21.1. The van der Waals surface area contributed by atoms with Gasteiger partial charge in [0.1, 0.15) is 6.33 Å². The van der Waals surface area contributed by atoms with E-state index in [0.29, 0.717) is 23.7 Å². The zero-order valence-corrected chi connectivity index (χ0v) is 40.1. The van der Waals surface area contributed by atoms with Gasteiger partial charge in [-0.05, 0) is 77.5 Å². The number of fused-ring (bicyclic) bond motifs is 2. The van der Waals surface area contributed by atoms with Crippen LogP contribution in [0.3, 0.4) is 0 Å². The van der Waals surface area contributed by atoms with E-state index in [0.717, 1.165) is 32.8 Å². The number of hydrogen-bond acceptors (Lipinski definition) is 5. The van der Waals surface area contributed by atoms with Gasteiger partial charge in [0.2, 0.25) is 0 Å². The van der Waals surface area contributed by atoms with Crippen LogP contribution in [0, 0.1) is 61.3 Å². The van der Waals surface area contributed by atoms with Gasteiger partial charge in [-0.3, -0.25) is 9.78 Å². The number of carbonyl (C=O) groups excluding carboxylic acids is 1. The van der Waals surface area contributed by atoms with Crippen molar-refractivity contribution in [2.45, 2.75) is 128 Å². The van der Waals surface area contributed by atoms with E-state index < -0.39 is 0 Å². The molecule has 57 heavy (non-hydrogen) atoms. The van der Waals surface area contributed by atoms with Gasteiger partial charge in [-0.1, -0.05) is 149 Å². The van der Waals surface area contributed by atoms with E-state index in [-0.39, 0.29) is 48.9 Å². The van der Waals surface area contributed by atoms with Crippen molar-refractivity contribution in [3.8, 4) is 21.7 Å². The van der Waals surface area contributed by atoms with Crippen molar-refractivity contribution in [3.63, 3.8) is 0 Å². The third-order valence-electron chi connectivity index (χ3n) is 11.9. The Balaban J connectivity index is 0.000000309. The Morgan fingerprint density at radius 1 is 0.877 bits per heavy atom. The molecule has 0 amide bonds. The topological polar surface area (TPSA) is 63.1 Å². The van der Waals surface area contributed by atoms with Crippen LogP contribution >= 0.6 is 11.3 Å². The Bertz CT molecular complexity index is 2150. The Morgan fingerprint density at radius 3 is 2.07 bits per heavy atom. The molecule has 0 unspecified atom stereocenters. The van der Waals surface area contributed by atoms with Gasteiger partial charge in [-0.25, -0.2) is 4.98 Å². The fourth-order valence-electron chi connectivity index (χ4n) is 9.32. The molecule has 1 aliphatic carbocycles. The molecule has 309 valence electrons. The van der Waals surface area contributed by atoms with Gasteiger partial charge in [0.15, 0.2) is 5.78 Å². The number of aliphatic hydroxyl groups excluding tert-OH is 1. The predicted octanol–water partition coefficient (Wildman–Crippen LogP) is 14.5. The van der Waals surface area contributed by atoms with Crippen LogP contribution in [0.2, 0.25) is 0 Å². The van der Waals surface area contributed by atoms with Crippen molar-refractivity contribution >= 4 is 38.1 Å². The largest absolute Gasteiger partial charge is 0.512 e. The Morgan fingerprint density at radius 2 is 1.49 bits per heavy atom. The van der Waals surface area contributed by atoms with Crippen LogP contribution < -0.4 is 0 Å². The summed E-state index contributed by atoms with van der Waals surface area (Å²) in [6, 6.07) is 21.7. The van der Waals surface area contributed by atoms with Gasteiger partial charge in [-0.2, -0.15) is 0 Å². The molecule has 2 heterocycles. The maximum Gasteiger partial charge on any atom is 0.162 e. The van der Waals surface area contributed by atoms with E-state index >= 15 is 0 Å². The molecule has 6 heteroatoms. The molecule has 6 rings (SSSR count). The van der Waals surface area contributed by atoms with Crippen molar-refractivity contribution in [2.24, 2.45) is 41.4 Å². The van der Waals surface area contributed by atoms with Gasteiger partial charge in [0, 0.05) is 53.3 Å². The molecule has 0 spiro atoms. The third kappa shape index (κ3) is 10.9. The minimum absolute atomic E-state index is 0. The first kappa shape index (κ1) is 46.5. The van der Waals surface area contributed by atoms with E-state index in [1.165, 1.54) is 76.3 Å². The van der Waals surface area contributed by atoms with Crippen molar-refractivity contribution in [1.29, 1.82) is 0 Å². The Labute approximate surface area is 361 Å².